The average Bonchev–Trinajstić information content (AvgIpc) is 2.49. The Morgan fingerprint density at radius 2 is 2.00 bits per heavy atom. The minimum Gasteiger partial charge on any atom is -0.352 e. The highest BCUT2D eigenvalue weighted by Gasteiger charge is 2.20. The Morgan fingerprint density at radius 1 is 1.19 bits per heavy atom. The topological polar surface area (TPSA) is 46.2 Å². The normalized spacial score (nSPS) is 13.5. The molecule has 3 nitrogen and oxygen atoms in total. The molecule has 1 aliphatic heterocycles. The maximum absolute atomic E-state index is 12.6. The maximum Gasteiger partial charge on any atom is 0.251 e. The molecule has 21 heavy (non-hydrogen) atoms. The van der Waals surface area contributed by atoms with E-state index in [-0.39, 0.29) is 11.7 Å². The van der Waals surface area contributed by atoms with Gasteiger partial charge in [-0.15, -0.1) is 0 Å². The van der Waals surface area contributed by atoms with Crippen LogP contribution in [-0.4, -0.2) is 18.2 Å². The lowest BCUT2D eigenvalue weighted by molar-refractivity contribution is 0.0946. The summed E-state index contributed by atoms with van der Waals surface area (Å²) in [5.74, 6) is -0.290. The molecule has 1 aliphatic rings. The zero-order chi connectivity index (χ0) is 15.0. The second-order valence-corrected chi connectivity index (χ2v) is 6.12. The Hall–Kier alpha value is -1.65. The van der Waals surface area contributed by atoms with Gasteiger partial charge in [-0.2, -0.15) is 0 Å². The number of benzene rings is 2. The summed E-state index contributed by atoms with van der Waals surface area (Å²) >= 11 is 9.31. The van der Waals surface area contributed by atoms with Crippen molar-refractivity contribution < 1.29 is 9.59 Å². The summed E-state index contributed by atoms with van der Waals surface area (Å²) in [5.41, 5.74) is 2.51. The van der Waals surface area contributed by atoms with E-state index in [9.17, 15) is 9.59 Å². The summed E-state index contributed by atoms with van der Waals surface area (Å²) in [6, 6.07) is 10.3. The van der Waals surface area contributed by atoms with Gasteiger partial charge < -0.3 is 5.32 Å². The van der Waals surface area contributed by atoms with Crippen molar-refractivity contribution in [2.45, 2.75) is 6.42 Å². The summed E-state index contributed by atoms with van der Waals surface area (Å²) in [7, 11) is 0. The molecule has 0 saturated heterocycles. The molecule has 0 atom stereocenters. The third-order valence-electron chi connectivity index (χ3n) is 3.47. The lowest BCUT2D eigenvalue weighted by Crippen LogP contribution is -2.32. The van der Waals surface area contributed by atoms with Gasteiger partial charge in [0.2, 0.25) is 0 Å². The average molecular weight is 365 g/mol. The molecule has 0 saturated carbocycles. The quantitative estimate of drug-likeness (QED) is 0.827. The van der Waals surface area contributed by atoms with Crippen LogP contribution in [0.1, 0.15) is 31.8 Å². The molecule has 5 heteroatoms. The largest absolute Gasteiger partial charge is 0.352 e. The Kier molecular flexibility index (Phi) is 3.83. The van der Waals surface area contributed by atoms with Gasteiger partial charge >= 0.3 is 0 Å². The van der Waals surface area contributed by atoms with E-state index in [2.05, 4.69) is 21.2 Å². The van der Waals surface area contributed by atoms with Crippen LogP contribution < -0.4 is 5.32 Å². The molecule has 0 spiro atoms. The van der Waals surface area contributed by atoms with Gasteiger partial charge in [-0.05, 0) is 36.2 Å². The van der Waals surface area contributed by atoms with Crippen molar-refractivity contribution in [3.8, 4) is 0 Å². The monoisotopic (exact) mass is 363 g/mol. The van der Waals surface area contributed by atoms with Crippen LogP contribution in [0, 0.1) is 0 Å². The Balaban J connectivity index is 2.04. The molecule has 0 aliphatic carbocycles. The standard InChI is InChI=1S/C16H11BrClNO2/c17-14-4-3-11(18)8-13(14)15(20)10-2-1-9-5-6-19-16(21)12(9)7-10/h1-4,7-8H,5-6H2,(H,19,21). The molecule has 2 aromatic rings. The fourth-order valence-electron chi connectivity index (χ4n) is 2.38. The summed E-state index contributed by atoms with van der Waals surface area (Å²) in [6.07, 6.45) is 0.788. The van der Waals surface area contributed by atoms with E-state index in [0.29, 0.717) is 32.7 Å². The van der Waals surface area contributed by atoms with E-state index in [0.717, 1.165) is 12.0 Å². The summed E-state index contributed by atoms with van der Waals surface area (Å²) in [6.45, 7) is 0.638. The zero-order valence-electron chi connectivity index (χ0n) is 11.0. The van der Waals surface area contributed by atoms with E-state index < -0.39 is 0 Å². The second kappa shape index (κ2) is 5.62. The SMILES string of the molecule is O=C(c1ccc2c(c1)C(=O)NCC2)c1cc(Cl)ccc1Br. The van der Waals surface area contributed by atoms with Gasteiger partial charge in [-0.25, -0.2) is 0 Å². The van der Waals surface area contributed by atoms with Gasteiger partial charge in [0, 0.05) is 32.7 Å². The first-order valence-electron chi connectivity index (χ1n) is 6.47. The summed E-state index contributed by atoms with van der Waals surface area (Å²) < 4.78 is 0.680. The molecule has 1 N–H and O–H groups in total. The Labute approximate surface area is 135 Å². The van der Waals surface area contributed by atoms with Crippen LogP contribution >= 0.6 is 27.5 Å². The van der Waals surface area contributed by atoms with Crippen molar-refractivity contribution in [2.75, 3.05) is 6.54 Å². The van der Waals surface area contributed by atoms with Crippen LogP contribution in [-0.2, 0) is 6.42 Å². The number of fused-ring (bicyclic) bond motifs is 1. The molecule has 106 valence electrons. The first kappa shape index (κ1) is 14.3. The van der Waals surface area contributed by atoms with E-state index >= 15 is 0 Å². The number of ketones is 1. The molecular formula is C16H11BrClNO2. The van der Waals surface area contributed by atoms with Crippen molar-refractivity contribution in [1.82, 2.24) is 5.32 Å². The van der Waals surface area contributed by atoms with Gasteiger partial charge in [0.15, 0.2) is 5.78 Å². The molecule has 0 unspecified atom stereocenters. The van der Waals surface area contributed by atoms with Gasteiger partial charge in [-0.1, -0.05) is 39.7 Å². The third-order valence-corrected chi connectivity index (χ3v) is 4.40. The first-order valence-corrected chi connectivity index (χ1v) is 7.64. The number of amides is 1. The lowest BCUT2D eigenvalue weighted by atomic mass is 9.94. The van der Waals surface area contributed by atoms with Crippen LogP contribution in [0.2, 0.25) is 5.02 Å². The smallest absolute Gasteiger partial charge is 0.251 e. The maximum atomic E-state index is 12.6. The third kappa shape index (κ3) is 2.74. The predicted octanol–water partition coefficient (Wildman–Crippen LogP) is 3.62. The van der Waals surface area contributed by atoms with Crippen LogP contribution in [0.25, 0.3) is 0 Å². The van der Waals surface area contributed by atoms with E-state index in [1.807, 2.05) is 6.07 Å². The molecule has 0 radical (unpaired) electrons. The van der Waals surface area contributed by atoms with Crippen LogP contribution in [0.4, 0.5) is 0 Å². The molecule has 1 amide bonds. The number of hydrogen-bond donors (Lipinski definition) is 1. The number of nitrogens with one attached hydrogen (secondary N) is 1. The summed E-state index contributed by atoms with van der Waals surface area (Å²) in [4.78, 5) is 24.5. The van der Waals surface area contributed by atoms with E-state index in [1.165, 1.54) is 0 Å². The predicted molar refractivity (Wildman–Crippen MR) is 85.1 cm³/mol. The van der Waals surface area contributed by atoms with Gasteiger partial charge in [0.05, 0.1) is 0 Å². The highest BCUT2D eigenvalue weighted by molar-refractivity contribution is 9.10. The summed E-state index contributed by atoms with van der Waals surface area (Å²) in [5, 5.41) is 3.28. The Morgan fingerprint density at radius 3 is 2.81 bits per heavy atom. The van der Waals surface area contributed by atoms with E-state index in [4.69, 9.17) is 11.6 Å². The molecular weight excluding hydrogens is 354 g/mol. The number of hydrogen-bond acceptors (Lipinski definition) is 2. The second-order valence-electron chi connectivity index (χ2n) is 4.83. The molecule has 2 aromatic carbocycles. The highest BCUT2D eigenvalue weighted by Crippen LogP contribution is 2.25. The molecule has 1 heterocycles. The van der Waals surface area contributed by atoms with Crippen LogP contribution in [0.5, 0.6) is 0 Å². The molecule has 3 rings (SSSR count). The Bertz CT molecular complexity index is 758. The van der Waals surface area contributed by atoms with Gasteiger partial charge in [0.25, 0.3) is 5.91 Å². The fourth-order valence-corrected chi connectivity index (χ4v) is 2.98. The van der Waals surface area contributed by atoms with Gasteiger partial charge in [0.1, 0.15) is 0 Å². The van der Waals surface area contributed by atoms with Crippen molar-refractivity contribution >= 4 is 39.2 Å². The minimum absolute atomic E-state index is 0.129. The van der Waals surface area contributed by atoms with Gasteiger partial charge in [-0.3, -0.25) is 9.59 Å². The number of carbonyl (C=O) groups is 2. The number of carbonyl (C=O) groups excluding carboxylic acids is 2. The van der Waals surface area contributed by atoms with E-state index in [1.54, 1.807) is 30.3 Å². The first-order chi connectivity index (χ1) is 10.1. The minimum atomic E-state index is -0.162. The van der Waals surface area contributed by atoms with Crippen molar-refractivity contribution in [1.29, 1.82) is 0 Å². The highest BCUT2D eigenvalue weighted by atomic mass is 79.9. The molecule has 0 fully saturated rings. The number of halogens is 2. The fraction of sp³-hybridized carbons (Fsp3) is 0.125. The van der Waals surface area contributed by atoms with Crippen molar-refractivity contribution in [2.24, 2.45) is 0 Å². The number of rotatable bonds is 2. The molecule has 0 aromatic heterocycles. The van der Waals surface area contributed by atoms with Crippen LogP contribution in [0.15, 0.2) is 40.9 Å². The van der Waals surface area contributed by atoms with Crippen molar-refractivity contribution in [3.05, 3.63) is 68.1 Å². The molecule has 0 bridgehead atoms. The van der Waals surface area contributed by atoms with Crippen LogP contribution in [0.3, 0.4) is 0 Å². The zero-order valence-corrected chi connectivity index (χ0v) is 13.3. The van der Waals surface area contributed by atoms with Crippen molar-refractivity contribution in [3.63, 3.8) is 0 Å². The lowest BCUT2D eigenvalue weighted by Gasteiger charge is -2.17.